The number of aromatic nitrogens is 1. The number of ether oxygens (including phenoxy) is 1. The van der Waals surface area contributed by atoms with Crippen molar-refractivity contribution in [1.82, 2.24) is 15.6 Å². The summed E-state index contributed by atoms with van der Waals surface area (Å²) in [7, 11) is 0. The number of nitrogens with two attached hydrogens (primary N) is 1. The highest BCUT2D eigenvalue weighted by molar-refractivity contribution is 6.31. The molecular weight excluding hydrogens is 584 g/mol. The molecule has 9 nitrogen and oxygen atoms in total. The quantitative estimate of drug-likeness (QED) is 0.384. The fourth-order valence-electron chi connectivity index (χ4n) is 7.68. The molecule has 12 heteroatoms. The van der Waals surface area contributed by atoms with Gasteiger partial charge in [-0.15, -0.1) is 0 Å². The van der Waals surface area contributed by atoms with Crippen LogP contribution in [0.3, 0.4) is 0 Å². The van der Waals surface area contributed by atoms with Gasteiger partial charge in [0.25, 0.3) is 0 Å². The van der Waals surface area contributed by atoms with Crippen LogP contribution in [0.5, 0.6) is 0 Å². The minimum atomic E-state index is -1.38. The first kappa shape index (κ1) is 29.3. The lowest BCUT2D eigenvalue weighted by Crippen LogP contribution is -2.61. The van der Waals surface area contributed by atoms with Gasteiger partial charge in [0, 0.05) is 28.9 Å². The predicted molar refractivity (Wildman–Crippen MR) is 156 cm³/mol. The molecule has 2 aromatic rings. The van der Waals surface area contributed by atoms with Gasteiger partial charge >= 0.3 is 0 Å². The first-order valence-electron chi connectivity index (χ1n) is 14.3. The number of nitrogens with one attached hydrogen (secondary N) is 3. The van der Waals surface area contributed by atoms with Crippen molar-refractivity contribution in [2.45, 2.75) is 87.4 Å². The van der Waals surface area contributed by atoms with Crippen LogP contribution in [-0.2, 0) is 24.5 Å². The number of primary amides is 1. The Hall–Kier alpha value is -2.79. The molecule has 2 saturated heterocycles. The summed E-state index contributed by atoms with van der Waals surface area (Å²) in [6.45, 7) is 4.48. The van der Waals surface area contributed by atoms with Crippen LogP contribution in [0, 0.1) is 11.2 Å². The van der Waals surface area contributed by atoms with Gasteiger partial charge in [-0.05, 0) is 61.6 Å². The number of carbonyl (C=O) groups excluding carboxylic acids is 3. The second-order valence-electron chi connectivity index (χ2n) is 12.8. The van der Waals surface area contributed by atoms with E-state index in [2.05, 4.69) is 34.8 Å². The third-order valence-corrected chi connectivity index (χ3v) is 10.4. The SMILES string of the molecule is CC1(C)CCC2(CC1)N[C@@H](C(=O)N[C@@H]1CC[C@@H](C(N)=O)OC1)[C@H](c1cccc(Cl)c1F)[C@]21C(=O)Nc2cc(Cl)ncc21. The molecule has 1 aliphatic carbocycles. The standard InChI is InChI=1S/C30H34Cl2FN5O4/c1-28(2)8-10-29(11-9-28)30(17-13-35-21(32)12-19(17)37-27(30)41)22(16-4-3-5-18(31)23(16)33)24(38-29)26(40)36-15-6-7-20(25(34)39)42-14-15/h3-5,12-13,15,20,22,24,38H,6-11,14H2,1-2H3,(H2,34,39)(H,36,40)(H,37,41)/t15-,20+,22+,24-,30-/m1/s1. The smallest absolute Gasteiger partial charge is 0.246 e. The summed E-state index contributed by atoms with van der Waals surface area (Å²) in [6, 6.07) is 4.88. The Morgan fingerprint density at radius 2 is 1.90 bits per heavy atom. The molecule has 0 bridgehead atoms. The van der Waals surface area contributed by atoms with Crippen LogP contribution in [-0.4, -0.2) is 53.0 Å². The van der Waals surface area contributed by atoms with Crippen LogP contribution in [0.1, 0.15) is 69.4 Å². The lowest BCUT2D eigenvalue weighted by Gasteiger charge is -2.50. The largest absolute Gasteiger partial charge is 0.367 e. The molecule has 5 atom stereocenters. The maximum absolute atomic E-state index is 16.0. The zero-order valence-corrected chi connectivity index (χ0v) is 24.9. The number of rotatable bonds is 4. The maximum Gasteiger partial charge on any atom is 0.246 e. The fraction of sp³-hybridized carbons (Fsp3) is 0.533. The number of amides is 3. The average molecular weight is 619 g/mol. The van der Waals surface area contributed by atoms with Gasteiger partial charge in [-0.1, -0.05) is 49.2 Å². The first-order valence-corrected chi connectivity index (χ1v) is 15.0. The summed E-state index contributed by atoms with van der Waals surface area (Å²) < 4.78 is 21.6. The predicted octanol–water partition coefficient (Wildman–Crippen LogP) is 3.96. The van der Waals surface area contributed by atoms with Crippen LogP contribution in [0.25, 0.3) is 0 Å². The zero-order chi connectivity index (χ0) is 30.0. The highest BCUT2D eigenvalue weighted by Crippen LogP contribution is 2.63. The van der Waals surface area contributed by atoms with Crippen molar-refractivity contribution in [2.75, 3.05) is 11.9 Å². The van der Waals surface area contributed by atoms with E-state index in [9.17, 15) is 14.4 Å². The van der Waals surface area contributed by atoms with Gasteiger partial charge in [0.15, 0.2) is 0 Å². The Morgan fingerprint density at radius 3 is 2.57 bits per heavy atom. The minimum absolute atomic E-state index is 0.0256. The molecule has 6 rings (SSSR count). The zero-order valence-electron chi connectivity index (χ0n) is 23.4. The molecule has 224 valence electrons. The molecule has 4 heterocycles. The molecular formula is C30H34Cl2FN5O4. The number of benzene rings is 1. The van der Waals surface area contributed by atoms with Gasteiger partial charge in [-0.25, -0.2) is 9.37 Å². The van der Waals surface area contributed by atoms with Crippen molar-refractivity contribution in [2.24, 2.45) is 11.1 Å². The molecule has 0 radical (unpaired) electrons. The van der Waals surface area contributed by atoms with Crippen LogP contribution in [0.4, 0.5) is 10.1 Å². The number of halogens is 3. The van der Waals surface area contributed by atoms with E-state index in [4.69, 9.17) is 33.7 Å². The van der Waals surface area contributed by atoms with E-state index >= 15 is 4.39 Å². The lowest BCUT2D eigenvalue weighted by molar-refractivity contribution is -0.134. The maximum atomic E-state index is 16.0. The van der Waals surface area contributed by atoms with Gasteiger partial charge < -0.3 is 21.1 Å². The Morgan fingerprint density at radius 1 is 1.17 bits per heavy atom. The lowest BCUT2D eigenvalue weighted by atomic mass is 9.53. The number of hydrogen-bond acceptors (Lipinski definition) is 6. The summed E-state index contributed by atoms with van der Waals surface area (Å²) in [5, 5.41) is 9.77. The Labute approximate surface area is 253 Å². The Balaban J connectivity index is 1.49. The van der Waals surface area contributed by atoms with Crippen LogP contribution < -0.4 is 21.7 Å². The van der Waals surface area contributed by atoms with Crippen molar-refractivity contribution in [3.05, 3.63) is 57.6 Å². The van der Waals surface area contributed by atoms with E-state index in [1.165, 1.54) is 6.07 Å². The first-order chi connectivity index (χ1) is 19.9. The van der Waals surface area contributed by atoms with Crippen LogP contribution in [0.15, 0.2) is 30.5 Å². The molecule has 3 amide bonds. The molecule has 1 saturated carbocycles. The van der Waals surface area contributed by atoms with Crippen molar-refractivity contribution < 1.29 is 23.5 Å². The topological polar surface area (TPSA) is 135 Å². The van der Waals surface area contributed by atoms with E-state index in [0.717, 1.165) is 12.8 Å². The molecule has 42 heavy (non-hydrogen) atoms. The van der Waals surface area contributed by atoms with E-state index in [1.54, 1.807) is 24.4 Å². The number of anilines is 1. The summed E-state index contributed by atoms with van der Waals surface area (Å²) in [6.07, 6.45) is 4.45. The summed E-state index contributed by atoms with van der Waals surface area (Å²) in [4.78, 5) is 44.6. The van der Waals surface area contributed by atoms with E-state index in [1.807, 2.05) is 0 Å². The van der Waals surface area contributed by atoms with E-state index in [-0.39, 0.29) is 39.7 Å². The van der Waals surface area contributed by atoms with Crippen molar-refractivity contribution in [1.29, 1.82) is 0 Å². The minimum Gasteiger partial charge on any atom is -0.367 e. The van der Waals surface area contributed by atoms with Crippen molar-refractivity contribution in [3.8, 4) is 0 Å². The van der Waals surface area contributed by atoms with Gasteiger partial charge in [0.05, 0.1) is 23.7 Å². The number of fused-ring (bicyclic) bond motifs is 3. The highest BCUT2D eigenvalue weighted by Gasteiger charge is 2.73. The highest BCUT2D eigenvalue weighted by atomic mass is 35.5. The normalized spacial score (nSPS) is 31.1. The molecule has 0 unspecified atom stereocenters. The number of hydrogen-bond donors (Lipinski definition) is 4. The molecule has 3 aliphatic heterocycles. The Bertz CT molecular complexity index is 1450. The fourth-order valence-corrected chi connectivity index (χ4v) is 8.02. The molecule has 1 aromatic carbocycles. The third-order valence-electron chi connectivity index (χ3n) is 9.88. The average Bonchev–Trinajstić information content (AvgIpc) is 3.40. The number of pyridine rings is 1. The van der Waals surface area contributed by atoms with Gasteiger partial charge in [0.1, 0.15) is 22.5 Å². The number of nitrogens with zero attached hydrogens (tertiary/aromatic N) is 1. The molecule has 1 aromatic heterocycles. The van der Waals surface area contributed by atoms with Gasteiger partial charge in [-0.3, -0.25) is 19.7 Å². The summed E-state index contributed by atoms with van der Waals surface area (Å²) in [5.74, 6) is -2.92. The van der Waals surface area contributed by atoms with E-state index < -0.39 is 46.6 Å². The summed E-state index contributed by atoms with van der Waals surface area (Å²) in [5.41, 5.74) is 4.38. The molecule has 5 N–H and O–H groups in total. The van der Waals surface area contributed by atoms with E-state index in [0.29, 0.717) is 36.9 Å². The molecule has 3 fully saturated rings. The van der Waals surface area contributed by atoms with Crippen LogP contribution in [0.2, 0.25) is 10.2 Å². The van der Waals surface area contributed by atoms with Gasteiger partial charge in [-0.2, -0.15) is 0 Å². The number of carbonyl (C=O) groups is 3. The third kappa shape index (κ3) is 4.49. The van der Waals surface area contributed by atoms with Crippen molar-refractivity contribution in [3.63, 3.8) is 0 Å². The van der Waals surface area contributed by atoms with Crippen molar-refractivity contribution >= 4 is 46.6 Å². The van der Waals surface area contributed by atoms with Gasteiger partial charge in [0.2, 0.25) is 17.7 Å². The molecule has 2 spiro atoms. The second-order valence-corrected chi connectivity index (χ2v) is 13.6. The Kier molecular flexibility index (Phi) is 7.28. The van der Waals surface area contributed by atoms with Crippen LogP contribution >= 0.6 is 23.2 Å². The second kappa shape index (κ2) is 10.4. The summed E-state index contributed by atoms with van der Waals surface area (Å²) >= 11 is 12.5. The molecule has 4 aliphatic rings. The monoisotopic (exact) mass is 617 g/mol.